The van der Waals surface area contributed by atoms with Gasteiger partial charge in [0, 0.05) is 73.4 Å². The van der Waals surface area contributed by atoms with Crippen LogP contribution in [0.3, 0.4) is 0 Å². The number of benzene rings is 7. The first-order valence-corrected chi connectivity index (χ1v) is 18.0. The van der Waals surface area contributed by atoms with Crippen molar-refractivity contribution in [2.24, 2.45) is 0 Å². The number of nitrogens with zero attached hydrogens (tertiary/aromatic N) is 3. The van der Waals surface area contributed by atoms with Gasteiger partial charge in [0.05, 0.1) is 8.22 Å². The fourth-order valence-corrected chi connectivity index (χ4v) is 9.04. The Balaban J connectivity index is 1.16. The van der Waals surface area contributed by atoms with Gasteiger partial charge in [-0.15, -0.1) is 22.7 Å². The van der Waals surface area contributed by atoms with Gasteiger partial charge in [0.1, 0.15) is 11.2 Å². The van der Waals surface area contributed by atoms with Crippen molar-refractivity contribution in [1.82, 2.24) is 15.0 Å². The second-order valence-corrected chi connectivity index (χ2v) is 14.5. The van der Waals surface area contributed by atoms with Crippen molar-refractivity contribution in [2.75, 3.05) is 0 Å². The highest BCUT2D eigenvalue weighted by atomic mass is 32.1. The molecule has 0 aliphatic heterocycles. The molecule has 11 aromatic rings. The third kappa shape index (κ3) is 4.61. The van der Waals surface area contributed by atoms with Crippen molar-refractivity contribution in [3.05, 3.63) is 152 Å². The molecule has 0 aliphatic rings. The summed E-state index contributed by atoms with van der Waals surface area (Å²) in [5.41, 5.74) is 2.40. The Morgan fingerprint density at radius 1 is 0.451 bits per heavy atom. The lowest BCUT2D eigenvalue weighted by atomic mass is 10.00. The minimum Gasteiger partial charge on any atom is -0.455 e. The Kier molecular flexibility index (Phi) is 5.08. The van der Waals surface area contributed by atoms with E-state index in [9.17, 15) is 4.11 Å². The van der Waals surface area contributed by atoms with E-state index in [2.05, 4.69) is 24.3 Å². The van der Waals surface area contributed by atoms with Gasteiger partial charge >= 0.3 is 0 Å². The van der Waals surface area contributed by atoms with Gasteiger partial charge in [-0.2, -0.15) is 0 Å². The van der Waals surface area contributed by atoms with E-state index >= 15 is 0 Å². The van der Waals surface area contributed by atoms with E-state index in [0.717, 1.165) is 35.8 Å². The summed E-state index contributed by atoms with van der Waals surface area (Å²) < 4.78 is 66.0. The highest BCUT2D eigenvalue weighted by molar-refractivity contribution is 7.26. The SMILES string of the molecule is [2H]c1c([2H])c([2H])c2c(oc3c([2H])c(-c4nc(-c5ccccc5)nc(-c5ccc6c(c5)sc5ccccc56)n4)c([2H])c([2H])c32)c1-c1ccc2sc3ccccc3c2c1. The lowest BCUT2D eigenvalue weighted by Gasteiger charge is -2.08. The second-order valence-electron chi connectivity index (χ2n) is 12.3. The normalized spacial score (nSPS) is 13.6. The first-order valence-electron chi connectivity index (χ1n) is 19.4. The van der Waals surface area contributed by atoms with Crippen molar-refractivity contribution in [1.29, 1.82) is 0 Å². The summed E-state index contributed by atoms with van der Waals surface area (Å²) in [6, 6.07) is 36.0. The molecule has 4 heterocycles. The van der Waals surface area contributed by atoms with Gasteiger partial charge < -0.3 is 4.42 Å². The van der Waals surface area contributed by atoms with Crippen LogP contribution in [-0.4, -0.2) is 15.0 Å². The Morgan fingerprint density at radius 3 is 1.92 bits per heavy atom. The number of fused-ring (bicyclic) bond motifs is 9. The van der Waals surface area contributed by atoms with E-state index < -0.39 is 0 Å². The molecule has 0 aliphatic carbocycles. The van der Waals surface area contributed by atoms with E-state index in [1.54, 1.807) is 22.7 Å². The molecule has 0 N–H and O–H groups in total. The molecule has 4 aromatic heterocycles. The molecule has 0 bridgehead atoms. The van der Waals surface area contributed by atoms with Crippen LogP contribution >= 0.6 is 22.7 Å². The predicted octanol–water partition coefficient (Wildman–Crippen LogP) is 13.2. The molecule has 0 atom stereocenters. The van der Waals surface area contributed by atoms with E-state index in [0.29, 0.717) is 22.8 Å². The maximum absolute atomic E-state index is 9.55. The summed E-state index contributed by atoms with van der Waals surface area (Å²) in [6.45, 7) is 0. The van der Waals surface area contributed by atoms with Gasteiger partial charge in [0.25, 0.3) is 0 Å². The molecule has 0 fully saturated rings. The van der Waals surface area contributed by atoms with Gasteiger partial charge in [-0.3, -0.25) is 0 Å². The molecule has 238 valence electrons. The molecule has 11 rings (SSSR count). The summed E-state index contributed by atoms with van der Waals surface area (Å²) in [4.78, 5) is 14.5. The molecule has 0 amide bonds. The smallest absolute Gasteiger partial charge is 0.164 e. The van der Waals surface area contributed by atoms with Gasteiger partial charge in [-0.05, 0) is 48.0 Å². The summed E-state index contributed by atoms with van der Waals surface area (Å²) in [5, 5.41) is 4.53. The highest BCUT2D eigenvalue weighted by Gasteiger charge is 2.18. The Bertz CT molecular complexity index is 3510. The van der Waals surface area contributed by atoms with E-state index in [4.69, 9.17) is 23.5 Å². The summed E-state index contributed by atoms with van der Waals surface area (Å²) in [6.07, 6.45) is 0. The lowest BCUT2D eigenvalue weighted by Crippen LogP contribution is -2.00. The molecule has 0 saturated carbocycles. The standard InChI is InChI=1S/C45H25N3OS2/c1-2-9-26(10-3-1)43-46-44(48-45(47-43)29-18-21-34-32-11-4-6-15-38(32)51-41(34)25-29)28-17-20-31-35-14-8-13-30(42(35)49-37(31)24-28)27-19-22-40-36(23-27)33-12-5-7-16-39(33)50-40/h1-25H/i8D,13D,14D,17D,20D,24D. The predicted molar refractivity (Wildman–Crippen MR) is 215 cm³/mol. The van der Waals surface area contributed by atoms with Crippen molar-refractivity contribution >= 4 is 85.0 Å². The maximum atomic E-state index is 9.55. The zero-order valence-corrected chi connectivity index (χ0v) is 28.2. The summed E-state index contributed by atoms with van der Waals surface area (Å²) in [5.74, 6) is 0.717. The van der Waals surface area contributed by atoms with Crippen LogP contribution in [0.25, 0.3) is 108 Å². The first kappa shape index (κ1) is 23.2. The van der Waals surface area contributed by atoms with Crippen LogP contribution in [0, 0.1) is 0 Å². The van der Waals surface area contributed by atoms with Crippen LogP contribution in [0.1, 0.15) is 8.22 Å². The van der Waals surface area contributed by atoms with Crippen LogP contribution in [-0.2, 0) is 0 Å². The van der Waals surface area contributed by atoms with E-state index in [1.165, 1.54) is 10.1 Å². The Hall–Kier alpha value is -6.21. The number of rotatable bonds is 4. The highest BCUT2D eigenvalue weighted by Crippen LogP contribution is 2.41. The third-order valence-corrected chi connectivity index (χ3v) is 11.5. The molecule has 0 saturated heterocycles. The molecule has 0 spiro atoms. The molecule has 4 nitrogen and oxygen atoms in total. The fraction of sp³-hybridized carbons (Fsp3) is 0. The third-order valence-electron chi connectivity index (χ3n) is 9.25. The number of thiophene rings is 2. The van der Waals surface area contributed by atoms with Gasteiger partial charge in [-0.25, -0.2) is 15.0 Å². The molecule has 51 heavy (non-hydrogen) atoms. The van der Waals surface area contributed by atoms with Gasteiger partial charge in [0.2, 0.25) is 0 Å². The Morgan fingerprint density at radius 2 is 1.10 bits per heavy atom. The fourth-order valence-electron chi connectivity index (χ4n) is 6.81. The van der Waals surface area contributed by atoms with Crippen molar-refractivity contribution in [3.63, 3.8) is 0 Å². The minimum atomic E-state index is -0.331. The lowest BCUT2D eigenvalue weighted by molar-refractivity contribution is 0.670. The Labute approximate surface area is 308 Å². The number of para-hydroxylation sites is 1. The monoisotopic (exact) mass is 693 g/mol. The quantitative estimate of drug-likeness (QED) is 0.184. The van der Waals surface area contributed by atoms with Crippen molar-refractivity contribution < 1.29 is 12.6 Å². The van der Waals surface area contributed by atoms with Crippen molar-refractivity contribution in [2.45, 2.75) is 0 Å². The largest absolute Gasteiger partial charge is 0.455 e. The number of aromatic nitrogens is 3. The number of hydrogen-bond acceptors (Lipinski definition) is 6. The van der Waals surface area contributed by atoms with Gasteiger partial charge in [0.15, 0.2) is 17.5 Å². The number of furan rings is 1. The van der Waals surface area contributed by atoms with E-state index in [1.807, 2.05) is 91.0 Å². The van der Waals surface area contributed by atoms with E-state index in [-0.39, 0.29) is 75.1 Å². The van der Waals surface area contributed by atoms with Crippen LogP contribution in [0.4, 0.5) is 0 Å². The molecule has 6 heteroatoms. The summed E-state index contributed by atoms with van der Waals surface area (Å²) >= 11 is 3.34. The average molecular weight is 694 g/mol. The van der Waals surface area contributed by atoms with Crippen LogP contribution in [0.15, 0.2) is 156 Å². The van der Waals surface area contributed by atoms with Crippen LogP contribution < -0.4 is 0 Å². The molecule has 0 unspecified atom stereocenters. The van der Waals surface area contributed by atoms with Crippen LogP contribution in [0.5, 0.6) is 0 Å². The van der Waals surface area contributed by atoms with Crippen molar-refractivity contribution in [3.8, 4) is 45.3 Å². The molecular formula is C45H25N3OS2. The van der Waals surface area contributed by atoms with Gasteiger partial charge in [-0.1, -0.05) is 109 Å². The zero-order valence-electron chi connectivity index (χ0n) is 32.5. The molecule has 7 aromatic carbocycles. The molecular weight excluding hydrogens is 663 g/mol. The van der Waals surface area contributed by atoms with Crippen LogP contribution in [0.2, 0.25) is 0 Å². The summed E-state index contributed by atoms with van der Waals surface area (Å²) in [7, 11) is 0. The topological polar surface area (TPSA) is 51.8 Å². The second kappa shape index (κ2) is 11.2. The minimum absolute atomic E-state index is 0.0215. The zero-order chi connectivity index (χ0) is 38.7. The molecule has 0 radical (unpaired) electrons. The maximum Gasteiger partial charge on any atom is 0.164 e. The first-order chi connectivity index (χ1) is 27.7. The average Bonchev–Trinajstić information content (AvgIpc) is 3.94. The number of hydrogen-bond donors (Lipinski definition) is 0.